The summed E-state index contributed by atoms with van der Waals surface area (Å²) >= 11 is 0. The van der Waals surface area contributed by atoms with E-state index in [2.05, 4.69) is 9.97 Å². The predicted octanol–water partition coefficient (Wildman–Crippen LogP) is 2.48. The van der Waals surface area contributed by atoms with Crippen molar-refractivity contribution < 1.29 is 4.79 Å². The maximum atomic E-state index is 12.8. The van der Waals surface area contributed by atoms with Crippen LogP contribution in [0.4, 0.5) is 16.3 Å². The molecule has 0 unspecified atom stereocenters. The number of nitrogens with zero attached hydrogens (tertiary/aromatic N) is 5. The summed E-state index contributed by atoms with van der Waals surface area (Å²) in [7, 11) is 0. The average Bonchev–Trinajstić information content (AvgIpc) is 3.11. The van der Waals surface area contributed by atoms with Crippen molar-refractivity contribution in [3.05, 3.63) is 54.6 Å². The number of hydrogen-bond acceptors (Lipinski definition) is 3. The molecule has 1 saturated heterocycles. The summed E-state index contributed by atoms with van der Waals surface area (Å²) in [6.07, 6.45) is 7.14. The Hall–Kier alpha value is -2.89. The molecule has 1 aliphatic rings. The van der Waals surface area contributed by atoms with E-state index in [0.29, 0.717) is 13.1 Å². The van der Waals surface area contributed by atoms with E-state index in [0.717, 1.165) is 22.7 Å². The van der Waals surface area contributed by atoms with E-state index in [1.807, 2.05) is 41.8 Å². The first-order chi connectivity index (χ1) is 10.8. The fourth-order valence-corrected chi connectivity index (χ4v) is 2.83. The molecule has 6 nitrogen and oxygen atoms in total. The SMILES string of the molecule is Cc1ccncc1N1CCN(c2cnc3ccccn23)C1=O. The molecule has 0 bridgehead atoms. The summed E-state index contributed by atoms with van der Waals surface area (Å²) in [6.45, 7) is 3.27. The van der Waals surface area contributed by atoms with Crippen molar-refractivity contribution in [3.63, 3.8) is 0 Å². The molecule has 0 radical (unpaired) electrons. The molecule has 4 rings (SSSR count). The van der Waals surface area contributed by atoms with Crippen molar-refractivity contribution >= 4 is 23.2 Å². The van der Waals surface area contributed by atoms with Gasteiger partial charge in [0, 0.05) is 25.5 Å². The fraction of sp³-hybridized carbons (Fsp3) is 0.188. The Balaban J connectivity index is 1.71. The van der Waals surface area contributed by atoms with Crippen molar-refractivity contribution in [2.24, 2.45) is 0 Å². The van der Waals surface area contributed by atoms with E-state index in [9.17, 15) is 4.79 Å². The molecule has 0 saturated carbocycles. The molecular formula is C16H15N5O. The maximum Gasteiger partial charge on any atom is 0.330 e. The highest BCUT2D eigenvalue weighted by Crippen LogP contribution is 2.27. The van der Waals surface area contributed by atoms with Gasteiger partial charge in [-0.1, -0.05) is 6.07 Å². The van der Waals surface area contributed by atoms with E-state index >= 15 is 0 Å². The molecule has 0 aliphatic carbocycles. The minimum absolute atomic E-state index is 0.0400. The lowest BCUT2D eigenvalue weighted by Crippen LogP contribution is -2.32. The van der Waals surface area contributed by atoms with Gasteiger partial charge in [-0.05, 0) is 30.7 Å². The van der Waals surface area contributed by atoms with Gasteiger partial charge in [-0.25, -0.2) is 9.78 Å². The van der Waals surface area contributed by atoms with Crippen molar-refractivity contribution in [2.45, 2.75) is 6.92 Å². The van der Waals surface area contributed by atoms with Crippen LogP contribution >= 0.6 is 0 Å². The van der Waals surface area contributed by atoms with Gasteiger partial charge in [0.2, 0.25) is 0 Å². The van der Waals surface area contributed by atoms with Gasteiger partial charge in [0.1, 0.15) is 11.5 Å². The summed E-state index contributed by atoms with van der Waals surface area (Å²) in [5.41, 5.74) is 2.74. The number of aromatic nitrogens is 3. The first-order valence-corrected chi connectivity index (χ1v) is 7.17. The third-order valence-corrected chi connectivity index (χ3v) is 3.99. The second kappa shape index (κ2) is 4.84. The van der Waals surface area contributed by atoms with Crippen LogP contribution in [0.15, 0.2) is 49.1 Å². The number of rotatable bonds is 2. The number of fused-ring (bicyclic) bond motifs is 1. The zero-order chi connectivity index (χ0) is 15.1. The van der Waals surface area contributed by atoms with Crippen molar-refractivity contribution in [1.29, 1.82) is 0 Å². The molecule has 3 aromatic heterocycles. The number of amides is 2. The Morgan fingerprint density at radius 1 is 1.09 bits per heavy atom. The molecule has 1 fully saturated rings. The van der Waals surface area contributed by atoms with Crippen molar-refractivity contribution in [3.8, 4) is 0 Å². The Kier molecular flexibility index (Phi) is 2.82. The first-order valence-electron chi connectivity index (χ1n) is 7.17. The molecule has 0 atom stereocenters. The predicted molar refractivity (Wildman–Crippen MR) is 84.3 cm³/mol. The topological polar surface area (TPSA) is 53.7 Å². The lowest BCUT2D eigenvalue weighted by molar-refractivity contribution is 0.255. The second-order valence-electron chi connectivity index (χ2n) is 5.29. The van der Waals surface area contributed by atoms with E-state index in [1.165, 1.54) is 0 Å². The van der Waals surface area contributed by atoms with E-state index in [-0.39, 0.29) is 6.03 Å². The van der Waals surface area contributed by atoms with Crippen LogP contribution in [0.2, 0.25) is 0 Å². The third-order valence-electron chi connectivity index (χ3n) is 3.99. The number of carbonyl (C=O) groups excluding carboxylic acids is 1. The zero-order valence-electron chi connectivity index (χ0n) is 12.2. The number of carbonyl (C=O) groups is 1. The van der Waals surface area contributed by atoms with Gasteiger partial charge < -0.3 is 0 Å². The van der Waals surface area contributed by atoms with Gasteiger partial charge in [-0.3, -0.25) is 19.2 Å². The number of aryl methyl sites for hydroxylation is 1. The van der Waals surface area contributed by atoms with E-state index in [1.54, 1.807) is 28.4 Å². The quantitative estimate of drug-likeness (QED) is 0.729. The molecule has 2 amide bonds. The van der Waals surface area contributed by atoms with Crippen LogP contribution in [-0.2, 0) is 0 Å². The van der Waals surface area contributed by atoms with E-state index < -0.39 is 0 Å². The molecule has 22 heavy (non-hydrogen) atoms. The summed E-state index contributed by atoms with van der Waals surface area (Å²) in [6, 6.07) is 7.67. The third kappa shape index (κ3) is 1.84. The Morgan fingerprint density at radius 2 is 1.95 bits per heavy atom. The van der Waals surface area contributed by atoms with Gasteiger partial charge in [0.05, 0.1) is 18.1 Å². The molecule has 3 aromatic rings. The fourth-order valence-electron chi connectivity index (χ4n) is 2.83. The van der Waals surface area contributed by atoms with Gasteiger partial charge in [-0.2, -0.15) is 0 Å². The molecular weight excluding hydrogens is 278 g/mol. The van der Waals surface area contributed by atoms with Crippen LogP contribution in [0, 0.1) is 6.92 Å². The van der Waals surface area contributed by atoms with Crippen molar-refractivity contribution in [2.75, 3.05) is 22.9 Å². The minimum atomic E-state index is -0.0400. The van der Waals surface area contributed by atoms with Gasteiger partial charge in [0.15, 0.2) is 0 Å². The number of urea groups is 1. The van der Waals surface area contributed by atoms with Crippen LogP contribution in [0.5, 0.6) is 0 Å². The summed E-state index contributed by atoms with van der Waals surface area (Å²) < 4.78 is 1.93. The first kappa shape index (κ1) is 12.8. The Bertz CT molecular complexity index is 856. The van der Waals surface area contributed by atoms with Gasteiger partial charge in [-0.15, -0.1) is 0 Å². The Labute approximate surface area is 127 Å². The van der Waals surface area contributed by atoms with Gasteiger partial charge in [0.25, 0.3) is 0 Å². The number of anilines is 2. The zero-order valence-corrected chi connectivity index (χ0v) is 12.2. The second-order valence-corrected chi connectivity index (χ2v) is 5.29. The Morgan fingerprint density at radius 3 is 2.82 bits per heavy atom. The normalized spacial score (nSPS) is 15.0. The largest absolute Gasteiger partial charge is 0.330 e. The molecule has 0 aromatic carbocycles. The van der Waals surface area contributed by atoms with Crippen LogP contribution in [0.1, 0.15) is 5.56 Å². The summed E-state index contributed by atoms with van der Waals surface area (Å²) in [5, 5.41) is 0. The molecule has 6 heteroatoms. The van der Waals surface area contributed by atoms with Crippen molar-refractivity contribution in [1.82, 2.24) is 14.4 Å². The highest BCUT2D eigenvalue weighted by molar-refractivity contribution is 6.06. The molecule has 1 aliphatic heterocycles. The van der Waals surface area contributed by atoms with Crippen LogP contribution in [0.3, 0.4) is 0 Å². The number of imidazole rings is 1. The molecule has 110 valence electrons. The summed E-state index contributed by atoms with van der Waals surface area (Å²) in [4.78, 5) is 24.8. The number of pyridine rings is 2. The average molecular weight is 293 g/mol. The lowest BCUT2D eigenvalue weighted by Gasteiger charge is -2.19. The number of hydrogen-bond donors (Lipinski definition) is 0. The van der Waals surface area contributed by atoms with Crippen LogP contribution in [0.25, 0.3) is 5.65 Å². The smallest absolute Gasteiger partial charge is 0.290 e. The van der Waals surface area contributed by atoms with Crippen LogP contribution in [-0.4, -0.2) is 33.5 Å². The maximum absolute atomic E-state index is 12.8. The van der Waals surface area contributed by atoms with E-state index in [4.69, 9.17) is 0 Å². The summed E-state index contributed by atoms with van der Waals surface area (Å²) in [5.74, 6) is 0.796. The molecule has 0 spiro atoms. The lowest BCUT2D eigenvalue weighted by atomic mass is 10.2. The van der Waals surface area contributed by atoms with Gasteiger partial charge >= 0.3 is 6.03 Å². The van der Waals surface area contributed by atoms with Crippen LogP contribution < -0.4 is 9.80 Å². The highest BCUT2D eigenvalue weighted by Gasteiger charge is 2.33. The molecule has 4 heterocycles. The highest BCUT2D eigenvalue weighted by atomic mass is 16.2. The standard InChI is InChI=1S/C16H15N5O/c1-12-5-6-17-10-13(12)19-8-9-21(16(19)22)15-11-18-14-4-2-3-7-20(14)15/h2-7,10-11H,8-9H2,1H3. The monoisotopic (exact) mass is 293 g/mol. The minimum Gasteiger partial charge on any atom is -0.290 e. The molecule has 0 N–H and O–H groups in total.